The van der Waals surface area contributed by atoms with Gasteiger partial charge < -0.3 is 9.88 Å². The Labute approximate surface area is 129 Å². The normalized spacial score (nSPS) is 25.8. The van der Waals surface area contributed by atoms with Gasteiger partial charge in [0, 0.05) is 42.7 Å². The van der Waals surface area contributed by atoms with E-state index in [-0.39, 0.29) is 10.8 Å². The standard InChI is InChI=1S/C15H23N3O2S/c1-11-10-21-15(20)18(11)9-6-14(19)16-12-5-8-17-7-3-2-4-13(12)17/h10,12-13H,2-9H2,1H3,(H,16,19)/t12-,13+/m1/s1. The number of nitrogens with zero attached hydrogens (tertiary/aromatic N) is 2. The maximum Gasteiger partial charge on any atom is 0.307 e. The molecule has 2 aliphatic rings. The van der Waals surface area contributed by atoms with Gasteiger partial charge in [-0.2, -0.15) is 0 Å². The number of hydrogen-bond acceptors (Lipinski definition) is 4. The van der Waals surface area contributed by atoms with Gasteiger partial charge in [0.1, 0.15) is 0 Å². The lowest BCUT2D eigenvalue weighted by molar-refractivity contribution is -0.122. The van der Waals surface area contributed by atoms with Crippen LogP contribution in [-0.4, -0.2) is 40.5 Å². The van der Waals surface area contributed by atoms with Gasteiger partial charge in [-0.3, -0.25) is 14.5 Å². The van der Waals surface area contributed by atoms with Crippen molar-refractivity contribution in [1.82, 2.24) is 14.8 Å². The lowest BCUT2D eigenvalue weighted by Crippen LogP contribution is -2.47. The molecule has 0 saturated carbocycles. The van der Waals surface area contributed by atoms with E-state index in [9.17, 15) is 9.59 Å². The molecule has 0 radical (unpaired) electrons. The summed E-state index contributed by atoms with van der Waals surface area (Å²) >= 11 is 1.20. The van der Waals surface area contributed by atoms with Crippen molar-refractivity contribution >= 4 is 17.2 Å². The van der Waals surface area contributed by atoms with Gasteiger partial charge in [-0.25, -0.2) is 0 Å². The highest BCUT2D eigenvalue weighted by Crippen LogP contribution is 2.27. The molecule has 116 valence electrons. The monoisotopic (exact) mass is 309 g/mol. The highest BCUT2D eigenvalue weighted by atomic mass is 32.1. The number of nitrogens with one attached hydrogen (secondary N) is 1. The van der Waals surface area contributed by atoms with Crippen molar-refractivity contribution in [2.75, 3.05) is 13.1 Å². The fourth-order valence-electron chi connectivity index (χ4n) is 3.58. The number of aromatic nitrogens is 1. The van der Waals surface area contributed by atoms with Crippen LogP contribution in [0.15, 0.2) is 10.2 Å². The summed E-state index contributed by atoms with van der Waals surface area (Å²) in [6, 6.07) is 0.839. The Kier molecular flexibility index (Phi) is 4.45. The Balaban J connectivity index is 1.51. The molecular weight excluding hydrogens is 286 g/mol. The van der Waals surface area contributed by atoms with Crippen LogP contribution >= 0.6 is 11.3 Å². The molecule has 0 aliphatic carbocycles. The molecule has 1 N–H and O–H groups in total. The van der Waals surface area contributed by atoms with E-state index in [2.05, 4.69) is 10.2 Å². The van der Waals surface area contributed by atoms with Crippen molar-refractivity contribution in [2.24, 2.45) is 0 Å². The molecule has 3 rings (SSSR count). The highest BCUT2D eigenvalue weighted by molar-refractivity contribution is 7.07. The van der Waals surface area contributed by atoms with Crippen LogP contribution in [0.5, 0.6) is 0 Å². The number of amides is 1. The predicted molar refractivity (Wildman–Crippen MR) is 83.7 cm³/mol. The molecule has 1 amide bonds. The summed E-state index contributed by atoms with van der Waals surface area (Å²) in [6.07, 6.45) is 5.22. The second kappa shape index (κ2) is 6.32. The smallest absolute Gasteiger partial charge is 0.307 e. The molecule has 1 aromatic rings. The van der Waals surface area contributed by atoms with Crippen molar-refractivity contribution < 1.29 is 4.79 Å². The van der Waals surface area contributed by atoms with E-state index < -0.39 is 0 Å². The molecular formula is C15H23N3O2S. The minimum Gasteiger partial charge on any atom is -0.352 e. The summed E-state index contributed by atoms with van der Waals surface area (Å²) in [5.41, 5.74) is 0.942. The number of thiazole rings is 1. The van der Waals surface area contributed by atoms with Crippen LogP contribution < -0.4 is 10.2 Å². The first-order chi connectivity index (χ1) is 10.1. The quantitative estimate of drug-likeness (QED) is 0.913. The number of carbonyl (C=O) groups excluding carboxylic acids is 1. The van der Waals surface area contributed by atoms with Crippen molar-refractivity contribution in [2.45, 2.75) is 57.7 Å². The molecule has 6 heteroatoms. The van der Waals surface area contributed by atoms with Gasteiger partial charge in [-0.1, -0.05) is 17.8 Å². The summed E-state index contributed by atoms with van der Waals surface area (Å²) in [6.45, 7) is 4.69. The average Bonchev–Trinajstić information content (AvgIpc) is 3.02. The van der Waals surface area contributed by atoms with E-state index in [4.69, 9.17) is 0 Å². The molecule has 2 atom stereocenters. The van der Waals surface area contributed by atoms with Crippen LogP contribution in [0.4, 0.5) is 0 Å². The molecule has 3 heterocycles. The van der Waals surface area contributed by atoms with Crippen LogP contribution in [0.2, 0.25) is 0 Å². The third-order valence-electron chi connectivity index (χ3n) is 4.74. The van der Waals surface area contributed by atoms with Gasteiger partial charge in [0.15, 0.2) is 0 Å². The zero-order chi connectivity index (χ0) is 14.8. The van der Waals surface area contributed by atoms with Crippen molar-refractivity contribution in [3.05, 3.63) is 20.7 Å². The summed E-state index contributed by atoms with van der Waals surface area (Å²) < 4.78 is 1.69. The predicted octanol–water partition coefficient (Wildman–Crippen LogP) is 1.35. The molecule has 2 fully saturated rings. The molecule has 0 unspecified atom stereocenters. The van der Waals surface area contributed by atoms with E-state index in [1.54, 1.807) is 4.57 Å². The van der Waals surface area contributed by atoms with Crippen LogP contribution in [0.25, 0.3) is 0 Å². The summed E-state index contributed by atoms with van der Waals surface area (Å²) in [5, 5.41) is 5.03. The molecule has 0 aromatic carbocycles. The van der Waals surface area contributed by atoms with Crippen molar-refractivity contribution in [1.29, 1.82) is 0 Å². The number of piperidine rings is 1. The fourth-order valence-corrected chi connectivity index (χ4v) is 4.34. The largest absolute Gasteiger partial charge is 0.352 e. The SMILES string of the molecule is Cc1csc(=O)n1CCC(=O)N[C@@H]1CCN2CCCC[C@@H]12. The first kappa shape index (κ1) is 14.8. The Morgan fingerprint density at radius 2 is 2.24 bits per heavy atom. The van der Waals surface area contributed by atoms with Crippen molar-refractivity contribution in [3.63, 3.8) is 0 Å². The lowest BCUT2D eigenvalue weighted by atomic mass is 9.99. The number of fused-ring (bicyclic) bond motifs is 1. The Morgan fingerprint density at radius 3 is 3.00 bits per heavy atom. The minimum absolute atomic E-state index is 0.0274. The Morgan fingerprint density at radius 1 is 1.38 bits per heavy atom. The van der Waals surface area contributed by atoms with Gasteiger partial charge in [0.2, 0.25) is 5.91 Å². The van der Waals surface area contributed by atoms with E-state index in [1.807, 2.05) is 12.3 Å². The fraction of sp³-hybridized carbons (Fsp3) is 0.733. The van der Waals surface area contributed by atoms with E-state index in [1.165, 1.54) is 37.1 Å². The topological polar surface area (TPSA) is 54.3 Å². The maximum atomic E-state index is 12.1. The number of carbonyl (C=O) groups is 1. The third kappa shape index (κ3) is 3.21. The zero-order valence-corrected chi connectivity index (χ0v) is 13.3. The second-order valence-corrected chi connectivity index (χ2v) is 6.93. The number of hydrogen-bond donors (Lipinski definition) is 1. The van der Waals surface area contributed by atoms with Crippen LogP contribution in [0.1, 0.15) is 37.8 Å². The molecule has 5 nitrogen and oxygen atoms in total. The lowest BCUT2D eigenvalue weighted by Gasteiger charge is -2.32. The molecule has 0 spiro atoms. The summed E-state index contributed by atoms with van der Waals surface area (Å²) in [7, 11) is 0. The van der Waals surface area contributed by atoms with Crippen LogP contribution in [-0.2, 0) is 11.3 Å². The number of aryl methyl sites for hydroxylation is 1. The van der Waals surface area contributed by atoms with Crippen LogP contribution in [0, 0.1) is 6.92 Å². The minimum atomic E-state index is 0.0274. The number of rotatable bonds is 4. The highest BCUT2D eigenvalue weighted by Gasteiger charge is 2.35. The van der Waals surface area contributed by atoms with E-state index in [0.29, 0.717) is 25.0 Å². The first-order valence-corrected chi connectivity index (χ1v) is 8.71. The summed E-state index contributed by atoms with van der Waals surface area (Å²) in [5.74, 6) is 0.0740. The van der Waals surface area contributed by atoms with Gasteiger partial charge in [-0.15, -0.1) is 0 Å². The van der Waals surface area contributed by atoms with E-state index in [0.717, 1.165) is 18.7 Å². The third-order valence-corrected chi connectivity index (χ3v) is 5.62. The molecule has 0 bridgehead atoms. The van der Waals surface area contributed by atoms with Crippen LogP contribution in [0.3, 0.4) is 0 Å². The Bertz CT molecular complexity index is 566. The van der Waals surface area contributed by atoms with Gasteiger partial charge in [-0.05, 0) is 32.7 Å². The van der Waals surface area contributed by atoms with E-state index >= 15 is 0 Å². The molecule has 21 heavy (non-hydrogen) atoms. The second-order valence-electron chi connectivity index (χ2n) is 6.11. The molecule has 1 aromatic heterocycles. The zero-order valence-electron chi connectivity index (χ0n) is 12.5. The first-order valence-electron chi connectivity index (χ1n) is 7.83. The van der Waals surface area contributed by atoms with Crippen molar-refractivity contribution in [3.8, 4) is 0 Å². The van der Waals surface area contributed by atoms with Gasteiger partial charge in [0.05, 0.1) is 0 Å². The molecule has 2 saturated heterocycles. The maximum absolute atomic E-state index is 12.1. The Hall–Kier alpha value is -1.14. The van der Waals surface area contributed by atoms with Gasteiger partial charge in [0.25, 0.3) is 0 Å². The average molecular weight is 309 g/mol. The van der Waals surface area contributed by atoms with Gasteiger partial charge >= 0.3 is 4.87 Å². The summed E-state index contributed by atoms with van der Waals surface area (Å²) in [4.78, 5) is 26.3. The molecule has 2 aliphatic heterocycles.